The SMILES string of the molecule is CCCc1cc2c(c(=N)n1CC(C)CC(=NC)c1cc(O)c(F)cc1C#N)CCCC2. The second kappa shape index (κ2) is 9.91. The van der Waals surface area contributed by atoms with Gasteiger partial charge in [0.2, 0.25) is 0 Å². The highest BCUT2D eigenvalue weighted by molar-refractivity contribution is 6.03. The number of nitriles is 1. The molecule has 1 heterocycles. The number of aliphatic imine (C=N–C) groups is 1. The summed E-state index contributed by atoms with van der Waals surface area (Å²) in [6.45, 7) is 4.93. The fraction of sp³-hybridized carbons (Fsp3) is 0.480. The Morgan fingerprint density at radius 2 is 2.06 bits per heavy atom. The van der Waals surface area contributed by atoms with Gasteiger partial charge in [-0.3, -0.25) is 10.4 Å². The summed E-state index contributed by atoms with van der Waals surface area (Å²) in [5.41, 5.74) is 5.62. The van der Waals surface area contributed by atoms with E-state index in [0.29, 0.717) is 29.7 Å². The van der Waals surface area contributed by atoms with E-state index in [9.17, 15) is 14.8 Å². The number of aromatic nitrogens is 1. The van der Waals surface area contributed by atoms with Gasteiger partial charge in [-0.1, -0.05) is 20.3 Å². The van der Waals surface area contributed by atoms with Crippen molar-refractivity contribution in [3.05, 3.63) is 57.5 Å². The lowest BCUT2D eigenvalue weighted by Gasteiger charge is -2.24. The largest absolute Gasteiger partial charge is 0.505 e. The molecule has 0 fully saturated rings. The normalized spacial score (nSPS) is 14.7. The lowest BCUT2D eigenvalue weighted by atomic mass is 9.91. The average molecular weight is 423 g/mol. The van der Waals surface area contributed by atoms with Gasteiger partial charge in [-0.25, -0.2) is 4.39 Å². The summed E-state index contributed by atoms with van der Waals surface area (Å²) in [4.78, 5) is 4.35. The molecule has 31 heavy (non-hydrogen) atoms. The number of nitrogens with one attached hydrogen (secondary N) is 1. The monoisotopic (exact) mass is 422 g/mol. The van der Waals surface area contributed by atoms with Gasteiger partial charge in [-0.05, 0) is 73.8 Å². The minimum atomic E-state index is -0.809. The molecule has 0 spiro atoms. The molecule has 0 bridgehead atoms. The van der Waals surface area contributed by atoms with Gasteiger partial charge in [0.05, 0.1) is 11.6 Å². The predicted octanol–water partition coefficient (Wildman–Crippen LogP) is 4.66. The average Bonchev–Trinajstić information content (AvgIpc) is 2.76. The van der Waals surface area contributed by atoms with Gasteiger partial charge in [0.25, 0.3) is 0 Å². The molecule has 3 rings (SSSR count). The summed E-state index contributed by atoms with van der Waals surface area (Å²) in [6.07, 6.45) is 6.88. The Labute approximate surface area is 183 Å². The van der Waals surface area contributed by atoms with Crippen LogP contribution in [0.2, 0.25) is 0 Å². The maximum atomic E-state index is 13.7. The van der Waals surface area contributed by atoms with E-state index in [1.165, 1.54) is 29.3 Å². The van der Waals surface area contributed by atoms with Crippen LogP contribution in [0.1, 0.15) is 67.5 Å². The Kier molecular flexibility index (Phi) is 7.27. The standard InChI is InChI=1S/C25H31FN4O/c1-4-7-19-11-17-8-5-6-9-20(17)25(28)30(19)15-16(2)10-23(29-3)21-13-24(31)22(26)12-18(21)14-27/h11-13,16,28,31H,4-10,15H2,1-3H3. The number of benzene rings is 1. The van der Waals surface area contributed by atoms with Crippen LogP contribution in [0.25, 0.3) is 0 Å². The number of pyridine rings is 1. The molecule has 0 saturated heterocycles. The van der Waals surface area contributed by atoms with Gasteiger partial charge < -0.3 is 9.67 Å². The molecular weight excluding hydrogens is 391 g/mol. The number of halogens is 1. The van der Waals surface area contributed by atoms with Gasteiger partial charge in [-0.15, -0.1) is 0 Å². The minimum Gasteiger partial charge on any atom is -0.505 e. The lowest BCUT2D eigenvalue weighted by molar-refractivity contribution is 0.432. The Morgan fingerprint density at radius 3 is 2.74 bits per heavy atom. The number of rotatable bonds is 7. The van der Waals surface area contributed by atoms with E-state index in [-0.39, 0.29) is 11.5 Å². The third-order valence-electron chi connectivity index (χ3n) is 6.08. The molecule has 1 aliphatic rings. The molecule has 1 aromatic carbocycles. The van der Waals surface area contributed by atoms with E-state index < -0.39 is 11.6 Å². The first-order valence-electron chi connectivity index (χ1n) is 11.1. The topological polar surface area (TPSA) is 85.2 Å². The highest BCUT2D eigenvalue weighted by Crippen LogP contribution is 2.25. The van der Waals surface area contributed by atoms with Crippen molar-refractivity contribution in [1.82, 2.24) is 4.57 Å². The van der Waals surface area contributed by atoms with Crippen LogP contribution in [-0.2, 0) is 25.8 Å². The van der Waals surface area contributed by atoms with Crippen molar-refractivity contribution >= 4 is 5.71 Å². The van der Waals surface area contributed by atoms with Gasteiger partial charge in [0.15, 0.2) is 11.6 Å². The molecule has 6 heteroatoms. The van der Waals surface area contributed by atoms with Crippen LogP contribution in [0, 0.1) is 28.5 Å². The van der Waals surface area contributed by atoms with E-state index in [0.717, 1.165) is 38.2 Å². The summed E-state index contributed by atoms with van der Waals surface area (Å²) in [7, 11) is 1.65. The van der Waals surface area contributed by atoms with E-state index in [4.69, 9.17) is 5.41 Å². The summed E-state index contributed by atoms with van der Waals surface area (Å²) < 4.78 is 15.8. The van der Waals surface area contributed by atoms with Gasteiger partial charge in [0, 0.05) is 30.6 Å². The molecule has 1 unspecified atom stereocenters. The van der Waals surface area contributed by atoms with Crippen molar-refractivity contribution in [1.29, 1.82) is 10.7 Å². The minimum absolute atomic E-state index is 0.142. The number of phenols is 1. The first-order valence-corrected chi connectivity index (χ1v) is 11.1. The van der Waals surface area contributed by atoms with Crippen LogP contribution in [0.5, 0.6) is 5.75 Å². The van der Waals surface area contributed by atoms with E-state index in [1.807, 2.05) is 6.07 Å². The third kappa shape index (κ3) is 4.87. The summed E-state index contributed by atoms with van der Waals surface area (Å²) in [5, 5.41) is 28.1. The van der Waals surface area contributed by atoms with E-state index in [2.05, 4.69) is 29.5 Å². The fourth-order valence-corrected chi connectivity index (χ4v) is 4.54. The Morgan fingerprint density at radius 1 is 1.32 bits per heavy atom. The van der Waals surface area contributed by atoms with Gasteiger partial charge >= 0.3 is 0 Å². The van der Waals surface area contributed by atoms with Crippen LogP contribution in [0.3, 0.4) is 0 Å². The molecule has 0 saturated carbocycles. The van der Waals surface area contributed by atoms with Crippen LogP contribution in [-0.4, -0.2) is 22.4 Å². The molecule has 1 atom stereocenters. The van der Waals surface area contributed by atoms with Crippen LogP contribution in [0.15, 0.2) is 23.2 Å². The Bertz CT molecular complexity index is 1090. The second-order valence-corrected chi connectivity index (χ2v) is 8.50. The zero-order valence-corrected chi connectivity index (χ0v) is 18.6. The highest BCUT2D eigenvalue weighted by atomic mass is 19.1. The number of fused-ring (bicyclic) bond motifs is 1. The van der Waals surface area contributed by atoms with Crippen LogP contribution >= 0.6 is 0 Å². The van der Waals surface area contributed by atoms with Crippen molar-refractivity contribution < 1.29 is 9.50 Å². The first kappa shape index (κ1) is 22.7. The number of aryl methyl sites for hydroxylation is 2. The fourth-order valence-electron chi connectivity index (χ4n) is 4.54. The molecular formula is C25H31FN4O. The molecule has 164 valence electrons. The van der Waals surface area contributed by atoms with E-state index in [1.54, 1.807) is 7.05 Å². The zero-order chi connectivity index (χ0) is 22.5. The summed E-state index contributed by atoms with van der Waals surface area (Å²) >= 11 is 0. The molecule has 0 aliphatic heterocycles. The number of phenolic OH excluding ortho intramolecular Hbond substituents is 1. The van der Waals surface area contributed by atoms with Gasteiger partial charge in [0.1, 0.15) is 5.49 Å². The number of nitrogens with zero attached hydrogens (tertiary/aromatic N) is 3. The van der Waals surface area contributed by atoms with Crippen molar-refractivity contribution in [3.8, 4) is 11.8 Å². The molecule has 1 aliphatic carbocycles. The lowest BCUT2D eigenvalue weighted by Crippen LogP contribution is -2.32. The Balaban J connectivity index is 1.90. The third-order valence-corrected chi connectivity index (χ3v) is 6.08. The number of hydrogen-bond donors (Lipinski definition) is 2. The summed E-state index contributed by atoms with van der Waals surface area (Å²) in [6, 6.07) is 6.64. The molecule has 1 aromatic heterocycles. The molecule has 0 amide bonds. The number of aromatic hydroxyl groups is 1. The van der Waals surface area contributed by atoms with Crippen molar-refractivity contribution in [2.45, 2.75) is 65.3 Å². The quantitative estimate of drug-likeness (QED) is 0.636. The molecule has 2 aromatic rings. The van der Waals surface area contributed by atoms with Crippen LogP contribution < -0.4 is 5.49 Å². The molecule has 2 N–H and O–H groups in total. The summed E-state index contributed by atoms with van der Waals surface area (Å²) in [5.74, 6) is -1.15. The second-order valence-electron chi connectivity index (χ2n) is 8.50. The number of hydrogen-bond acceptors (Lipinski definition) is 4. The smallest absolute Gasteiger partial charge is 0.166 e. The maximum absolute atomic E-state index is 13.7. The van der Waals surface area contributed by atoms with Crippen molar-refractivity contribution in [2.75, 3.05) is 7.05 Å². The van der Waals surface area contributed by atoms with Crippen LogP contribution in [0.4, 0.5) is 4.39 Å². The van der Waals surface area contributed by atoms with Crippen molar-refractivity contribution in [3.63, 3.8) is 0 Å². The first-order chi connectivity index (χ1) is 14.9. The molecule has 0 radical (unpaired) electrons. The highest BCUT2D eigenvalue weighted by Gasteiger charge is 2.19. The predicted molar refractivity (Wildman–Crippen MR) is 120 cm³/mol. The maximum Gasteiger partial charge on any atom is 0.166 e. The molecule has 5 nitrogen and oxygen atoms in total. The van der Waals surface area contributed by atoms with E-state index >= 15 is 0 Å². The zero-order valence-electron chi connectivity index (χ0n) is 18.6. The Hall–Kier alpha value is -2.94. The van der Waals surface area contributed by atoms with Gasteiger partial charge in [-0.2, -0.15) is 5.26 Å². The van der Waals surface area contributed by atoms with Crippen molar-refractivity contribution in [2.24, 2.45) is 10.9 Å².